The average Bonchev–Trinajstić information content (AvgIpc) is 3.31. The first-order valence-electron chi connectivity index (χ1n) is 7.64. The van der Waals surface area contributed by atoms with Crippen LogP contribution in [-0.4, -0.2) is 33.4 Å². The predicted octanol–water partition coefficient (Wildman–Crippen LogP) is 3.58. The van der Waals surface area contributed by atoms with Gasteiger partial charge in [0.15, 0.2) is 4.77 Å². The van der Waals surface area contributed by atoms with E-state index in [2.05, 4.69) is 10.00 Å². The van der Waals surface area contributed by atoms with E-state index in [0.717, 1.165) is 21.9 Å². The zero-order valence-electron chi connectivity index (χ0n) is 13.6. The highest BCUT2D eigenvalue weighted by Gasteiger charge is 2.29. The van der Waals surface area contributed by atoms with Gasteiger partial charge >= 0.3 is 0 Å². The number of hydrogen-bond donors (Lipinski definition) is 0. The number of aromatic nitrogens is 3. The van der Waals surface area contributed by atoms with Crippen LogP contribution in [0.4, 0.5) is 0 Å². The first kappa shape index (κ1) is 16.5. The third-order valence-electron chi connectivity index (χ3n) is 4.08. The summed E-state index contributed by atoms with van der Waals surface area (Å²) in [6.07, 6.45) is 2.43. The van der Waals surface area contributed by atoms with Crippen LogP contribution in [-0.2, 0) is 20.3 Å². The number of benzene rings is 1. The third kappa shape index (κ3) is 3.59. The normalized spacial score (nSPS) is 14.5. The maximum Gasteiger partial charge on any atom is 0.198 e. The van der Waals surface area contributed by atoms with Gasteiger partial charge in [-0.3, -0.25) is 4.90 Å². The second-order valence-electron chi connectivity index (χ2n) is 6.09. The summed E-state index contributed by atoms with van der Waals surface area (Å²) in [6.45, 7) is 1.34. The summed E-state index contributed by atoms with van der Waals surface area (Å²) < 4.78 is 10.1. The van der Waals surface area contributed by atoms with Gasteiger partial charge in [-0.15, -0.1) is 0 Å². The molecule has 1 aliphatic rings. The van der Waals surface area contributed by atoms with Crippen LogP contribution >= 0.6 is 23.8 Å². The van der Waals surface area contributed by atoms with Crippen molar-refractivity contribution in [1.82, 2.24) is 19.2 Å². The first-order valence-corrected chi connectivity index (χ1v) is 8.43. The van der Waals surface area contributed by atoms with Crippen molar-refractivity contribution in [1.29, 1.82) is 0 Å². The quantitative estimate of drug-likeness (QED) is 0.744. The smallest absolute Gasteiger partial charge is 0.198 e. The molecule has 23 heavy (non-hydrogen) atoms. The van der Waals surface area contributed by atoms with Gasteiger partial charge in [-0.2, -0.15) is 5.10 Å². The minimum Gasteiger partial charge on any atom is -0.496 e. The second-order valence-corrected chi connectivity index (χ2v) is 6.89. The number of rotatable bonds is 6. The Morgan fingerprint density at radius 3 is 2.83 bits per heavy atom. The minimum atomic E-state index is 0.585. The van der Waals surface area contributed by atoms with E-state index in [1.807, 2.05) is 41.5 Å². The van der Waals surface area contributed by atoms with Crippen molar-refractivity contribution in [2.45, 2.75) is 32.0 Å². The number of methoxy groups -OCH3 is 1. The zero-order valence-corrected chi connectivity index (χ0v) is 15.2. The summed E-state index contributed by atoms with van der Waals surface area (Å²) in [5.41, 5.74) is 1.05. The summed E-state index contributed by atoms with van der Waals surface area (Å²) in [4.78, 5) is 2.15. The van der Waals surface area contributed by atoms with Gasteiger partial charge in [0.1, 0.15) is 11.6 Å². The molecule has 0 radical (unpaired) electrons. The molecule has 1 aliphatic carbocycles. The van der Waals surface area contributed by atoms with Crippen molar-refractivity contribution in [2.75, 3.05) is 14.2 Å². The van der Waals surface area contributed by atoms with E-state index in [0.29, 0.717) is 24.2 Å². The van der Waals surface area contributed by atoms with Crippen LogP contribution in [0.1, 0.15) is 30.1 Å². The molecule has 3 rings (SSSR count). The van der Waals surface area contributed by atoms with Crippen molar-refractivity contribution in [3.63, 3.8) is 0 Å². The molecule has 0 atom stereocenters. The van der Waals surface area contributed by atoms with E-state index >= 15 is 0 Å². The fourth-order valence-corrected chi connectivity index (χ4v) is 3.12. The summed E-state index contributed by atoms with van der Waals surface area (Å²) in [5, 5.41) is 5.40. The molecule has 124 valence electrons. The molecule has 1 fully saturated rings. The lowest BCUT2D eigenvalue weighted by Crippen LogP contribution is -2.23. The van der Waals surface area contributed by atoms with Crippen molar-refractivity contribution in [2.24, 2.45) is 7.05 Å². The van der Waals surface area contributed by atoms with Crippen LogP contribution in [0, 0.1) is 4.77 Å². The third-order valence-corrected chi connectivity index (χ3v) is 4.79. The van der Waals surface area contributed by atoms with Crippen LogP contribution in [0.2, 0.25) is 5.02 Å². The number of nitrogens with zero attached hydrogens (tertiary/aromatic N) is 4. The predicted molar refractivity (Wildman–Crippen MR) is 93.5 cm³/mol. The summed E-state index contributed by atoms with van der Waals surface area (Å²) in [6, 6.07) is 5.66. The average molecular weight is 353 g/mol. The molecule has 7 heteroatoms. The van der Waals surface area contributed by atoms with Gasteiger partial charge in [-0.1, -0.05) is 11.6 Å². The SMILES string of the molecule is COc1ccc(Cl)cc1CN(C)Cn1nc(C2CC2)n(C)c1=S. The highest BCUT2D eigenvalue weighted by molar-refractivity contribution is 7.71. The van der Waals surface area contributed by atoms with E-state index in [-0.39, 0.29) is 0 Å². The highest BCUT2D eigenvalue weighted by atomic mass is 35.5. The zero-order chi connectivity index (χ0) is 16.6. The minimum absolute atomic E-state index is 0.585. The molecule has 1 aromatic carbocycles. The van der Waals surface area contributed by atoms with Crippen molar-refractivity contribution < 1.29 is 4.74 Å². The maximum absolute atomic E-state index is 6.10. The maximum atomic E-state index is 6.10. The monoisotopic (exact) mass is 352 g/mol. The fourth-order valence-electron chi connectivity index (χ4n) is 2.73. The lowest BCUT2D eigenvalue weighted by Gasteiger charge is -2.18. The lowest BCUT2D eigenvalue weighted by atomic mass is 10.2. The van der Waals surface area contributed by atoms with E-state index in [1.54, 1.807) is 7.11 Å². The van der Waals surface area contributed by atoms with Gasteiger partial charge in [0.25, 0.3) is 0 Å². The Morgan fingerprint density at radius 1 is 1.43 bits per heavy atom. The summed E-state index contributed by atoms with van der Waals surface area (Å²) in [7, 11) is 5.70. The van der Waals surface area contributed by atoms with E-state index in [4.69, 9.17) is 28.6 Å². The molecule has 0 amide bonds. The molecular weight excluding hydrogens is 332 g/mol. The molecule has 0 bridgehead atoms. The van der Waals surface area contributed by atoms with Gasteiger partial charge in [-0.25, -0.2) is 4.68 Å². The van der Waals surface area contributed by atoms with Crippen molar-refractivity contribution in [3.8, 4) is 5.75 Å². The van der Waals surface area contributed by atoms with Crippen LogP contribution in [0.5, 0.6) is 5.75 Å². The lowest BCUT2D eigenvalue weighted by molar-refractivity contribution is 0.240. The van der Waals surface area contributed by atoms with E-state index < -0.39 is 0 Å². The van der Waals surface area contributed by atoms with Crippen LogP contribution in [0.3, 0.4) is 0 Å². The molecule has 0 saturated heterocycles. The molecule has 5 nitrogen and oxygen atoms in total. The summed E-state index contributed by atoms with van der Waals surface area (Å²) >= 11 is 11.6. The molecule has 2 aromatic rings. The van der Waals surface area contributed by atoms with Crippen LogP contribution in [0.25, 0.3) is 0 Å². The Morgan fingerprint density at radius 2 is 2.17 bits per heavy atom. The van der Waals surface area contributed by atoms with Crippen LogP contribution < -0.4 is 4.74 Å². The molecule has 0 aliphatic heterocycles. The van der Waals surface area contributed by atoms with Crippen molar-refractivity contribution in [3.05, 3.63) is 39.4 Å². The second kappa shape index (κ2) is 6.63. The molecule has 1 heterocycles. The topological polar surface area (TPSA) is 35.2 Å². The molecule has 1 aromatic heterocycles. The molecule has 1 saturated carbocycles. The van der Waals surface area contributed by atoms with Crippen molar-refractivity contribution >= 4 is 23.8 Å². The number of hydrogen-bond acceptors (Lipinski definition) is 4. The van der Waals surface area contributed by atoms with E-state index in [1.165, 1.54) is 12.8 Å². The van der Waals surface area contributed by atoms with Gasteiger partial charge in [0.2, 0.25) is 0 Å². The summed E-state index contributed by atoms with van der Waals surface area (Å²) in [5.74, 6) is 2.52. The Balaban J connectivity index is 1.75. The number of ether oxygens (including phenoxy) is 1. The Hall–Kier alpha value is -1.37. The molecule has 0 unspecified atom stereocenters. The fraction of sp³-hybridized carbons (Fsp3) is 0.500. The largest absolute Gasteiger partial charge is 0.496 e. The molecular formula is C16H21ClN4OS. The Kier molecular flexibility index (Phi) is 4.75. The van der Waals surface area contributed by atoms with Gasteiger partial charge in [0, 0.05) is 30.1 Å². The molecule has 0 spiro atoms. The van der Waals surface area contributed by atoms with Gasteiger partial charge in [-0.05, 0) is 50.3 Å². The first-order chi connectivity index (χ1) is 11.0. The van der Waals surface area contributed by atoms with Gasteiger partial charge < -0.3 is 9.30 Å². The number of halogens is 1. The standard InChI is InChI=1S/C16H21ClN4OS/c1-19(9-12-8-13(17)6-7-14(12)22-3)10-21-16(23)20(2)15(18-21)11-4-5-11/h6-8,11H,4-5,9-10H2,1-3H3. The van der Waals surface area contributed by atoms with Gasteiger partial charge in [0.05, 0.1) is 13.8 Å². The molecule has 0 N–H and O–H groups in total. The van der Waals surface area contributed by atoms with E-state index in [9.17, 15) is 0 Å². The van der Waals surface area contributed by atoms with Crippen LogP contribution in [0.15, 0.2) is 18.2 Å². The highest BCUT2D eigenvalue weighted by Crippen LogP contribution is 2.38. The Bertz CT molecular complexity index is 766. The Labute approximate surface area is 146 Å².